The maximum atomic E-state index is 6.11. The van der Waals surface area contributed by atoms with E-state index in [9.17, 15) is 0 Å². The van der Waals surface area contributed by atoms with Crippen LogP contribution in [0.3, 0.4) is 0 Å². The Bertz CT molecular complexity index is 398. The molecule has 0 aliphatic heterocycles. The van der Waals surface area contributed by atoms with Crippen molar-refractivity contribution in [2.45, 2.75) is 64.3 Å². The molecule has 0 saturated heterocycles. The number of hydrogen-bond acceptors (Lipinski definition) is 2. The van der Waals surface area contributed by atoms with Gasteiger partial charge in [0, 0.05) is 22.7 Å². The average molecular weight is 376 g/mol. The standard InChI is InChI=1S/C17H28BrClN2/c1-2-3-4-5-6-7-8-9-15(13-20)21-14-10-11-16(18)17(19)12-14/h10-12,15,21H,2-9,13,20H2,1H3. The topological polar surface area (TPSA) is 38.0 Å². The van der Waals surface area contributed by atoms with Gasteiger partial charge in [-0.25, -0.2) is 0 Å². The summed E-state index contributed by atoms with van der Waals surface area (Å²) in [5.74, 6) is 0. The van der Waals surface area contributed by atoms with Crippen molar-refractivity contribution in [2.24, 2.45) is 5.73 Å². The number of nitrogens with two attached hydrogens (primary N) is 1. The van der Waals surface area contributed by atoms with Gasteiger partial charge in [0.1, 0.15) is 0 Å². The Labute approximate surface area is 143 Å². The van der Waals surface area contributed by atoms with E-state index in [1.54, 1.807) is 0 Å². The first-order chi connectivity index (χ1) is 10.2. The van der Waals surface area contributed by atoms with Gasteiger partial charge in [0.15, 0.2) is 0 Å². The number of benzene rings is 1. The first-order valence-electron chi connectivity index (χ1n) is 8.09. The van der Waals surface area contributed by atoms with Crippen LogP contribution in [0.15, 0.2) is 22.7 Å². The summed E-state index contributed by atoms with van der Waals surface area (Å²) in [6.07, 6.45) is 10.5. The van der Waals surface area contributed by atoms with Crippen LogP contribution in [0, 0.1) is 0 Å². The molecule has 0 saturated carbocycles. The molecule has 0 aliphatic carbocycles. The predicted octanol–water partition coefficient (Wildman–Crippen LogP) is 5.98. The van der Waals surface area contributed by atoms with Gasteiger partial charge in [-0.3, -0.25) is 0 Å². The molecule has 120 valence electrons. The quantitative estimate of drug-likeness (QED) is 0.467. The van der Waals surface area contributed by atoms with Crippen molar-refractivity contribution in [3.05, 3.63) is 27.7 Å². The molecule has 1 aromatic carbocycles. The number of halogens is 2. The number of nitrogens with one attached hydrogen (secondary N) is 1. The Balaban J connectivity index is 2.23. The van der Waals surface area contributed by atoms with Crippen LogP contribution in [0.4, 0.5) is 5.69 Å². The van der Waals surface area contributed by atoms with Crippen LogP contribution in [0.2, 0.25) is 5.02 Å². The van der Waals surface area contributed by atoms with Crippen molar-refractivity contribution >= 4 is 33.2 Å². The Kier molecular flexibility index (Phi) is 10.1. The molecule has 0 aromatic heterocycles. The summed E-state index contributed by atoms with van der Waals surface area (Å²) in [4.78, 5) is 0. The molecule has 0 spiro atoms. The molecule has 1 atom stereocenters. The van der Waals surface area contributed by atoms with E-state index in [0.29, 0.717) is 12.6 Å². The second kappa shape index (κ2) is 11.3. The molecule has 0 amide bonds. The van der Waals surface area contributed by atoms with Crippen LogP contribution < -0.4 is 11.1 Å². The summed E-state index contributed by atoms with van der Waals surface area (Å²) >= 11 is 9.51. The van der Waals surface area contributed by atoms with E-state index in [-0.39, 0.29) is 0 Å². The molecule has 0 bridgehead atoms. The lowest BCUT2D eigenvalue weighted by Gasteiger charge is -2.18. The van der Waals surface area contributed by atoms with E-state index in [0.717, 1.165) is 21.6 Å². The Hall–Kier alpha value is -0.250. The molecule has 0 heterocycles. The van der Waals surface area contributed by atoms with Crippen molar-refractivity contribution in [1.82, 2.24) is 0 Å². The highest BCUT2D eigenvalue weighted by atomic mass is 79.9. The average Bonchev–Trinajstić information content (AvgIpc) is 2.48. The predicted molar refractivity (Wildman–Crippen MR) is 98.2 cm³/mol. The molecule has 4 heteroatoms. The van der Waals surface area contributed by atoms with Gasteiger partial charge in [-0.05, 0) is 40.5 Å². The highest BCUT2D eigenvalue weighted by Crippen LogP contribution is 2.26. The van der Waals surface area contributed by atoms with E-state index in [1.807, 2.05) is 18.2 Å². The van der Waals surface area contributed by atoms with E-state index >= 15 is 0 Å². The van der Waals surface area contributed by atoms with Crippen LogP contribution >= 0.6 is 27.5 Å². The number of unbranched alkanes of at least 4 members (excludes halogenated alkanes) is 6. The molecule has 21 heavy (non-hydrogen) atoms. The van der Waals surface area contributed by atoms with Crippen molar-refractivity contribution in [3.8, 4) is 0 Å². The van der Waals surface area contributed by atoms with Gasteiger partial charge < -0.3 is 11.1 Å². The minimum absolute atomic E-state index is 0.331. The van der Waals surface area contributed by atoms with Crippen molar-refractivity contribution < 1.29 is 0 Å². The smallest absolute Gasteiger partial charge is 0.0568 e. The summed E-state index contributed by atoms with van der Waals surface area (Å²) in [5, 5.41) is 4.21. The summed E-state index contributed by atoms with van der Waals surface area (Å²) in [6, 6.07) is 6.27. The first-order valence-corrected chi connectivity index (χ1v) is 9.26. The zero-order valence-electron chi connectivity index (χ0n) is 13.0. The van der Waals surface area contributed by atoms with Crippen molar-refractivity contribution in [2.75, 3.05) is 11.9 Å². The second-order valence-electron chi connectivity index (χ2n) is 5.62. The third kappa shape index (κ3) is 8.08. The molecule has 1 unspecified atom stereocenters. The first kappa shape index (κ1) is 18.8. The Morgan fingerprint density at radius 3 is 2.43 bits per heavy atom. The fraction of sp³-hybridized carbons (Fsp3) is 0.647. The highest BCUT2D eigenvalue weighted by molar-refractivity contribution is 9.10. The van der Waals surface area contributed by atoms with Gasteiger partial charge in [-0.2, -0.15) is 0 Å². The van der Waals surface area contributed by atoms with Crippen LogP contribution in [0.25, 0.3) is 0 Å². The molecular formula is C17H28BrClN2. The summed E-state index contributed by atoms with van der Waals surface area (Å²) in [6.45, 7) is 2.91. The minimum Gasteiger partial charge on any atom is -0.381 e. The summed E-state index contributed by atoms with van der Waals surface area (Å²) < 4.78 is 0.922. The molecule has 0 fully saturated rings. The lowest BCUT2D eigenvalue weighted by atomic mass is 10.0. The number of rotatable bonds is 11. The normalized spacial score (nSPS) is 12.4. The number of anilines is 1. The molecule has 1 aromatic rings. The van der Waals surface area contributed by atoms with Crippen LogP contribution in [0.5, 0.6) is 0 Å². The van der Waals surface area contributed by atoms with Crippen LogP contribution in [-0.2, 0) is 0 Å². The third-order valence-corrected chi connectivity index (χ3v) is 4.96. The lowest BCUT2D eigenvalue weighted by Crippen LogP contribution is -2.28. The molecule has 0 aliphatic rings. The summed E-state index contributed by atoms with van der Waals surface area (Å²) in [7, 11) is 0. The monoisotopic (exact) mass is 374 g/mol. The molecule has 3 N–H and O–H groups in total. The van der Waals surface area contributed by atoms with Crippen molar-refractivity contribution in [1.29, 1.82) is 0 Å². The van der Waals surface area contributed by atoms with Gasteiger partial charge in [0.2, 0.25) is 0 Å². The SMILES string of the molecule is CCCCCCCCCC(CN)Nc1ccc(Br)c(Cl)c1. The zero-order valence-corrected chi connectivity index (χ0v) is 15.3. The fourth-order valence-corrected chi connectivity index (χ4v) is 2.85. The van der Waals surface area contributed by atoms with E-state index < -0.39 is 0 Å². The minimum atomic E-state index is 0.331. The van der Waals surface area contributed by atoms with E-state index in [4.69, 9.17) is 17.3 Å². The maximum absolute atomic E-state index is 6.11. The Morgan fingerprint density at radius 2 is 1.81 bits per heavy atom. The summed E-state index contributed by atoms with van der Waals surface area (Å²) in [5.41, 5.74) is 6.91. The largest absolute Gasteiger partial charge is 0.381 e. The van der Waals surface area contributed by atoms with Gasteiger partial charge in [0.05, 0.1) is 5.02 Å². The zero-order chi connectivity index (χ0) is 15.5. The second-order valence-corrected chi connectivity index (χ2v) is 6.88. The maximum Gasteiger partial charge on any atom is 0.0568 e. The van der Waals surface area contributed by atoms with E-state index in [2.05, 4.69) is 28.2 Å². The van der Waals surface area contributed by atoms with Gasteiger partial charge in [0.25, 0.3) is 0 Å². The molecular weight excluding hydrogens is 348 g/mol. The Morgan fingerprint density at radius 1 is 1.14 bits per heavy atom. The van der Waals surface area contributed by atoms with Gasteiger partial charge in [-0.1, -0.05) is 63.5 Å². The highest BCUT2D eigenvalue weighted by Gasteiger charge is 2.07. The lowest BCUT2D eigenvalue weighted by molar-refractivity contribution is 0.548. The molecule has 1 rings (SSSR count). The van der Waals surface area contributed by atoms with Crippen LogP contribution in [0.1, 0.15) is 58.3 Å². The van der Waals surface area contributed by atoms with Gasteiger partial charge in [-0.15, -0.1) is 0 Å². The fourth-order valence-electron chi connectivity index (χ4n) is 2.42. The van der Waals surface area contributed by atoms with Crippen molar-refractivity contribution in [3.63, 3.8) is 0 Å². The number of hydrogen-bond donors (Lipinski definition) is 2. The van der Waals surface area contributed by atoms with E-state index in [1.165, 1.54) is 44.9 Å². The van der Waals surface area contributed by atoms with Gasteiger partial charge >= 0.3 is 0 Å². The third-order valence-electron chi connectivity index (χ3n) is 3.73. The van der Waals surface area contributed by atoms with Crippen LogP contribution in [-0.4, -0.2) is 12.6 Å². The molecule has 0 radical (unpaired) electrons. The molecule has 2 nitrogen and oxygen atoms in total.